The van der Waals surface area contributed by atoms with Crippen molar-refractivity contribution in [2.45, 2.75) is 24.8 Å². The van der Waals surface area contributed by atoms with E-state index in [2.05, 4.69) is 61.9 Å². The first-order chi connectivity index (χ1) is 18.7. The van der Waals surface area contributed by atoms with Gasteiger partial charge in [0.2, 0.25) is 0 Å². The van der Waals surface area contributed by atoms with Crippen LogP contribution in [0.3, 0.4) is 0 Å². The summed E-state index contributed by atoms with van der Waals surface area (Å²) in [6.45, 7) is 9.63. The Labute approximate surface area is 240 Å². The highest BCUT2D eigenvalue weighted by Gasteiger charge is 2.41. The predicted octanol–water partition coefficient (Wildman–Crippen LogP) is 3.69. The maximum absolute atomic E-state index is 13.2. The number of hydrogen-bond acceptors (Lipinski definition) is 8. The van der Waals surface area contributed by atoms with Gasteiger partial charge in [0.15, 0.2) is 0 Å². The minimum absolute atomic E-state index is 0.217. The Morgan fingerprint density at radius 2 is 1.92 bits per heavy atom. The van der Waals surface area contributed by atoms with E-state index in [-0.39, 0.29) is 5.03 Å². The van der Waals surface area contributed by atoms with E-state index in [0.717, 1.165) is 44.2 Å². The van der Waals surface area contributed by atoms with Crippen LogP contribution in [0.1, 0.15) is 13.8 Å². The lowest BCUT2D eigenvalue weighted by Crippen LogP contribution is -2.49. The Hall–Kier alpha value is -2.92. The number of hydrogen-bond donors (Lipinski definition) is 3. The van der Waals surface area contributed by atoms with Crippen LogP contribution in [0, 0.1) is 0 Å². The third kappa shape index (κ3) is 6.46. The molecule has 1 saturated heterocycles. The van der Waals surface area contributed by atoms with Crippen molar-refractivity contribution in [3.8, 4) is 0 Å². The molecule has 1 fully saturated rings. The molecule has 2 atom stereocenters. The highest BCUT2D eigenvalue weighted by Crippen LogP contribution is 2.38. The summed E-state index contributed by atoms with van der Waals surface area (Å²) in [6.07, 6.45) is 3.47. The fourth-order valence-corrected chi connectivity index (χ4v) is 5.27. The number of benzene rings is 1. The minimum Gasteiger partial charge on any atom is -0.495 e. The number of carbonyl (C=O) groups is 1. The summed E-state index contributed by atoms with van der Waals surface area (Å²) in [5.41, 5.74) is 1.52. The molecule has 0 bridgehead atoms. The van der Waals surface area contributed by atoms with E-state index < -0.39 is 17.0 Å². The van der Waals surface area contributed by atoms with Crippen molar-refractivity contribution in [2.24, 2.45) is 4.99 Å². The minimum atomic E-state index is -0.921. The summed E-state index contributed by atoms with van der Waals surface area (Å²) in [5, 5.41) is 8.87. The van der Waals surface area contributed by atoms with Gasteiger partial charge >= 0.3 is 6.03 Å². The number of anilines is 2. The number of rotatable bonds is 7. The molecule has 0 saturated carbocycles. The first-order valence-electron chi connectivity index (χ1n) is 12.9. The van der Waals surface area contributed by atoms with Crippen molar-refractivity contribution < 1.29 is 14.3 Å². The zero-order valence-corrected chi connectivity index (χ0v) is 24.6. The lowest BCUT2D eigenvalue weighted by atomic mass is 9.93. The molecule has 3 aliphatic rings. The number of methoxy groups -OCH3 is 2. The standard InChI is InChI=1S/C27H37Cl2N7O3/c1-6-35-11-13-36(14-12-35)19-9-7-18(8-10-19)32-21-15-22(31-17-30-21)34(3)26(37)33-24-23(28)20(38-4)16-27(2,39-5)25(24)29/h7-10,15-16,25,30,32H,6,11-14,17H2,1-5H3,(H,33,37). The van der Waals surface area contributed by atoms with Crippen LogP contribution in [0.4, 0.5) is 16.2 Å². The van der Waals surface area contributed by atoms with Gasteiger partial charge < -0.3 is 35.2 Å². The molecule has 1 aromatic rings. The Morgan fingerprint density at radius 3 is 2.54 bits per heavy atom. The van der Waals surface area contributed by atoms with Crippen LogP contribution in [0.25, 0.3) is 0 Å². The highest BCUT2D eigenvalue weighted by molar-refractivity contribution is 6.34. The first kappa shape index (κ1) is 29.1. The van der Waals surface area contributed by atoms with Gasteiger partial charge in [0.25, 0.3) is 0 Å². The molecule has 0 spiro atoms. The number of piperazine rings is 1. The number of aliphatic imine (C=N–C) groups is 1. The van der Waals surface area contributed by atoms with Gasteiger partial charge in [-0.3, -0.25) is 4.90 Å². The van der Waals surface area contributed by atoms with Crippen LogP contribution in [0.2, 0.25) is 0 Å². The number of ether oxygens (including phenoxy) is 2. The van der Waals surface area contributed by atoms with Crippen LogP contribution < -0.4 is 20.9 Å². The largest absolute Gasteiger partial charge is 0.495 e. The fraction of sp³-hybridized carbons (Fsp3) is 0.481. The molecule has 2 heterocycles. The fourth-order valence-electron chi connectivity index (χ4n) is 4.61. The van der Waals surface area contributed by atoms with Crippen molar-refractivity contribution >= 4 is 46.4 Å². The number of carbonyl (C=O) groups excluding carboxylic acids is 1. The normalized spacial score (nSPS) is 23.8. The monoisotopic (exact) mass is 577 g/mol. The number of halogens is 2. The van der Waals surface area contributed by atoms with Crippen molar-refractivity contribution in [3.05, 3.63) is 58.7 Å². The zero-order valence-electron chi connectivity index (χ0n) is 23.1. The SMILES string of the molecule is CCN1CCN(c2ccc(NC3=CC(N(C)C(=O)NC4=C(Cl)C(OC)=CC(C)(OC)C4Cl)=NCN3)cc2)CC1. The van der Waals surface area contributed by atoms with Crippen LogP contribution in [0.15, 0.2) is 63.7 Å². The number of allylic oxidation sites excluding steroid dienone is 1. The van der Waals surface area contributed by atoms with E-state index in [1.54, 1.807) is 26.1 Å². The number of alkyl halides is 1. The van der Waals surface area contributed by atoms with E-state index in [9.17, 15) is 4.79 Å². The highest BCUT2D eigenvalue weighted by atomic mass is 35.5. The first-order valence-corrected chi connectivity index (χ1v) is 13.8. The van der Waals surface area contributed by atoms with E-state index in [0.29, 0.717) is 24.0 Å². The molecule has 39 heavy (non-hydrogen) atoms. The van der Waals surface area contributed by atoms with Crippen molar-refractivity contribution in [2.75, 3.05) is 70.9 Å². The third-order valence-electron chi connectivity index (χ3n) is 7.29. The molecule has 1 aliphatic carbocycles. The van der Waals surface area contributed by atoms with Gasteiger partial charge in [0.05, 0.1) is 12.8 Å². The molecule has 2 unspecified atom stereocenters. The predicted molar refractivity (Wildman–Crippen MR) is 157 cm³/mol. The molecule has 3 N–H and O–H groups in total. The van der Waals surface area contributed by atoms with E-state index in [1.165, 1.54) is 24.8 Å². The Morgan fingerprint density at radius 1 is 1.23 bits per heavy atom. The smallest absolute Gasteiger partial charge is 0.327 e. The van der Waals surface area contributed by atoms with Crippen LogP contribution in [0.5, 0.6) is 0 Å². The van der Waals surface area contributed by atoms with E-state index in [1.807, 2.05) is 0 Å². The van der Waals surface area contributed by atoms with Gasteiger partial charge in [-0.05, 0) is 43.8 Å². The van der Waals surface area contributed by atoms with Gasteiger partial charge in [-0.25, -0.2) is 9.79 Å². The maximum Gasteiger partial charge on any atom is 0.327 e. The second kappa shape index (κ2) is 12.5. The molecule has 0 radical (unpaired) electrons. The van der Waals surface area contributed by atoms with Gasteiger partial charge in [-0.2, -0.15) is 0 Å². The number of nitrogens with zero attached hydrogens (tertiary/aromatic N) is 4. The molecule has 12 heteroatoms. The summed E-state index contributed by atoms with van der Waals surface area (Å²) in [4.78, 5) is 23.9. The molecule has 212 valence electrons. The molecule has 1 aromatic carbocycles. The molecule has 2 amide bonds. The topological polar surface area (TPSA) is 93.7 Å². The lowest BCUT2D eigenvalue weighted by molar-refractivity contribution is 0.0453. The van der Waals surface area contributed by atoms with Crippen LogP contribution in [-0.2, 0) is 9.47 Å². The Balaban J connectivity index is 1.40. The number of amidine groups is 1. The average Bonchev–Trinajstić information content (AvgIpc) is 2.97. The van der Waals surface area contributed by atoms with Crippen molar-refractivity contribution in [1.29, 1.82) is 0 Å². The van der Waals surface area contributed by atoms with Gasteiger partial charge in [-0.15, -0.1) is 11.6 Å². The second-order valence-electron chi connectivity index (χ2n) is 9.68. The summed E-state index contributed by atoms with van der Waals surface area (Å²) in [6, 6.07) is 7.91. The average molecular weight is 579 g/mol. The summed E-state index contributed by atoms with van der Waals surface area (Å²) < 4.78 is 11.0. The molecule has 0 aromatic heterocycles. The quantitative estimate of drug-likeness (QED) is 0.425. The molecule has 4 rings (SSSR count). The van der Waals surface area contributed by atoms with E-state index >= 15 is 0 Å². The maximum atomic E-state index is 13.2. The molecule has 2 aliphatic heterocycles. The summed E-state index contributed by atoms with van der Waals surface area (Å²) in [7, 11) is 4.66. The van der Waals surface area contributed by atoms with Gasteiger partial charge in [0.1, 0.15) is 40.1 Å². The van der Waals surface area contributed by atoms with Crippen LogP contribution >= 0.6 is 23.2 Å². The zero-order chi connectivity index (χ0) is 28.2. The van der Waals surface area contributed by atoms with Gasteiger partial charge in [-0.1, -0.05) is 18.5 Å². The molecule has 10 nitrogen and oxygen atoms in total. The van der Waals surface area contributed by atoms with E-state index in [4.69, 9.17) is 32.7 Å². The third-order valence-corrected chi connectivity index (χ3v) is 8.33. The second-order valence-corrected chi connectivity index (χ2v) is 10.5. The summed E-state index contributed by atoms with van der Waals surface area (Å²) >= 11 is 13.2. The number of amides is 2. The lowest BCUT2D eigenvalue weighted by Gasteiger charge is -2.36. The number of likely N-dealkylation sites (N-methyl/N-ethyl adjacent to an activating group) is 2. The Kier molecular flexibility index (Phi) is 9.32. The van der Waals surface area contributed by atoms with Gasteiger partial charge in [0, 0.05) is 57.8 Å². The van der Waals surface area contributed by atoms with Crippen LogP contribution in [-0.4, -0.2) is 93.3 Å². The van der Waals surface area contributed by atoms with Crippen molar-refractivity contribution in [1.82, 2.24) is 20.4 Å². The molecular weight excluding hydrogens is 541 g/mol. The number of urea groups is 1. The van der Waals surface area contributed by atoms with Crippen molar-refractivity contribution in [3.63, 3.8) is 0 Å². The Bertz CT molecular complexity index is 1180. The number of nitrogens with one attached hydrogen (secondary N) is 3. The molecular formula is C27H37Cl2N7O3. The summed E-state index contributed by atoms with van der Waals surface area (Å²) in [5.74, 6) is 1.57.